The third-order valence-corrected chi connectivity index (χ3v) is 7.91. The van der Waals surface area contributed by atoms with Gasteiger partial charge in [0, 0.05) is 34.2 Å². The van der Waals surface area contributed by atoms with E-state index in [0.717, 1.165) is 30.2 Å². The van der Waals surface area contributed by atoms with E-state index in [0.29, 0.717) is 0 Å². The van der Waals surface area contributed by atoms with Crippen LogP contribution in [-0.4, -0.2) is 7.05 Å². The molecule has 2 aromatic rings. The van der Waals surface area contributed by atoms with Crippen LogP contribution in [-0.2, 0) is 0 Å². The number of fused-ring (bicyclic) bond motifs is 2. The van der Waals surface area contributed by atoms with Crippen molar-refractivity contribution in [2.75, 3.05) is 11.9 Å². The minimum atomic E-state index is 0.283. The summed E-state index contributed by atoms with van der Waals surface area (Å²) in [6.45, 7) is 14.8. The van der Waals surface area contributed by atoms with Crippen LogP contribution in [0.5, 0.6) is 0 Å². The van der Waals surface area contributed by atoms with E-state index in [1.165, 1.54) is 58.8 Å². The summed E-state index contributed by atoms with van der Waals surface area (Å²) in [6, 6.07) is 15.7. The highest BCUT2D eigenvalue weighted by atomic mass is 32.2. The zero-order valence-corrected chi connectivity index (χ0v) is 22.4. The van der Waals surface area contributed by atoms with Crippen molar-refractivity contribution < 1.29 is 0 Å². The van der Waals surface area contributed by atoms with Gasteiger partial charge in [-0.1, -0.05) is 102 Å². The minimum absolute atomic E-state index is 0.283. The van der Waals surface area contributed by atoms with E-state index < -0.39 is 0 Å². The summed E-state index contributed by atoms with van der Waals surface area (Å²) in [4.78, 5) is 4.97. The van der Waals surface area contributed by atoms with E-state index in [1.807, 2.05) is 25.6 Å². The van der Waals surface area contributed by atoms with Gasteiger partial charge in [0.05, 0.1) is 11.4 Å². The second kappa shape index (κ2) is 12.9. The van der Waals surface area contributed by atoms with Gasteiger partial charge >= 0.3 is 0 Å². The van der Waals surface area contributed by atoms with Crippen LogP contribution >= 0.6 is 11.8 Å². The number of benzene rings is 2. The Morgan fingerprint density at radius 2 is 1.76 bits per heavy atom. The third kappa shape index (κ3) is 6.39. The molecule has 2 aliphatic rings. The first kappa shape index (κ1) is 26.2. The van der Waals surface area contributed by atoms with Crippen LogP contribution in [0.1, 0.15) is 77.2 Å². The Kier molecular flexibility index (Phi) is 9.95. The predicted octanol–water partition coefficient (Wildman–Crippen LogP) is 9.58. The molecule has 34 heavy (non-hydrogen) atoms. The van der Waals surface area contributed by atoms with Crippen molar-refractivity contribution in [1.82, 2.24) is 5.32 Å². The van der Waals surface area contributed by atoms with E-state index in [-0.39, 0.29) is 5.92 Å². The SMILES string of the molecule is C=C(/C=C\CC)NC(=C)C(CC1CCCCC1)c1ccc2c(c1)N(C)c1ccccc1S2.CC. The molecule has 1 saturated carbocycles. The van der Waals surface area contributed by atoms with E-state index in [4.69, 9.17) is 0 Å². The van der Waals surface area contributed by atoms with Gasteiger partial charge in [0.15, 0.2) is 0 Å². The van der Waals surface area contributed by atoms with Crippen molar-refractivity contribution in [3.05, 3.63) is 84.7 Å². The number of allylic oxidation sites excluding steroid dienone is 3. The van der Waals surface area contributed by atoms with Gasteiger partial charge in [-0.2, -0.15) is 0 Å². The normalized spacial score (nSPS) is 16.2. The Balaban J connectivity index is 0.00000158. The van der Waals surface area contributed by atoms with Gasteiger partial charge in [-0.3, -0.25) is 0 Å². The van der Waals surface area contributed by atoms with Crippen LogP contribution in [0.2, 0.25) is 0 Å². The topological polar surface area (TPSA) is 15.3 Å². The molecule has 182 valence electrons. The number of nitrogens with zero attached hydrogens (tertiary/aromatic N) is 1. The molecule has 1 aliphatic carbocycles. The highest BCUT2D eigenvalue weighted by Gasteiger charge is 2.26. The average Bonchev–Trinajstić information content (AvgIpc) is 2.88. The first-order valence-electron chi connectivity index (χ1n) is 13.0. The maximum atomic E-state index is 4.49. The van der Waals surface area contributed by atoms with Gasteiger partial charge < -0.3 is 10.2 Å². The number of rotatable bonds is 8. The van der Waals surface area contributed by atoms with Crippen molar-refractivity contribution in [3.63, 3.8) is 0 Å². The monoisotopic (exact) mass is 474 g/mol. The molecule has 0 radical (unpaired) electrons. The molecular formula is C31H42N2S. The smallest absolute Gasteiger partial charge is 0.0553 e. The van der Waals surface area contributed by atoms with Crippen LogP contribution in [0.3, 0.4) is 0 Å². The summed E-state index contributed by atoms with van der Waals surface area (Å²) in [7, 11) is 2.18. The molecule has 1 fully saturated rings. The molecule has 0 saturated heterocycles. The minimum Gasteiger partial charge on any atom is -0.359 e. The molecule has 2 nitrogen and oxygen atoms in total. The van der Waals surface area contributed by atoms with Gasteiger partial charge in [0.2, 0.25) is 0 Å². The maximum Gasteiger partial charge on any atom is 0.0553 e. The Labute approximate surface area is 212 Å². The molecule has 1 aliphatic heterocycles. The molecule has 0 spiro atoms. The Morgan fingerprint density at radius 1 is 1.06 bits per heavy atom. The highest BCUT2D eigenvalue weighted by molar-refractivity contribution is 7.99. The molecule has 0 amide bonds. The number of nitrogens with one attached hydrogen (secondary N) is 1. The largest absolute Gasteiger partial charge is 0.359 e. The fourth-order valence-electron chi connectivity index (χ4n) is 5.00. The molecule has 1 atom stereocenters. The number of anilines is 2. The predicted molar refractivity (Wildman–Crippen MR) is 151 cm³/mol. The van der Waals surface area contributed by atoms with Crippen LogP contribution < -0.4 is 10.2 Å². The summed E-state index contributed by atoms with van der Waals surface area (Å²) in [6.07, 6.45) is 13.2. The fraction of sp³-hybridized carbons (Fsp3) is 0.419. The molecule has 0 bridgehead atoms. The molecule has 4 rings (SSSR count). The number of hydrogen-bond acceptors (Lipinski definition) is 3. The summed E-state index contributed by atoms with van der Waals surface area (Å²) in [5.41, 5.74) is 5.90. The van der Waals surface area contributed by atoms with Crippen molar-refractivity contribution in [3.8, 4) is 0 Å². The van der Waals surface area contributed by atoms with E-state index in [1.54, 1.807) is 0 Å². The molecule has 0 aromatic heterocycles. The van der Waals surface area contributed by atoms with Gasteiger partial charge in [-0.15, -0.1) is 0 Å². The molecule has 2 aromatic carbocycles. The summed E-state index contributed by atoms with van der Waals surface area (Å²) < 4.78 is 0. The second-order valence-electron chi connectivity index (χ2n) is 9.13. The molecule has 1 unspecified atom stereocenters. The van der Waals surface area contributed by atoms with Gasteiger partial charge in [0.25, 0.3) is 0 Å². The van der Waals surface area contributed by atoms with Crippen molar-refractivity contribution >= 4 is 23.1 Å². The van der Waals surface area contributed by atoms with Crippen molar-refractivity contribution in [1.29, 1.82) is 0 Å². The zero-order valence-electron chi connectivity index (χ0n) is 21.6. The lowest BCUT2D eigenvalue weighted by molar-refractivity contribution is 0.325. The second-order valence-corrected chi connectivity index (χ2v) is 10.2. The third-order valence-electron chi connectivity index (χ3n) is 6.78. The summed E-state index contributed by atoms with van der Waals surface area (Å²) in [5, 5.41) is 3.52. The quantitative estimate of drug-likeness (QED) is 0.383. The average molecular weight is 475 g/mol. The van der Waals surface area contributed by atoms with Gasteiger partial charge in [-0.05, 0) is 54.7 Å². The standard InChI is InChI=1S/C29H36N2S.C2H6/c1-5-6-12-21(2)30-22(3)25(19-23-13-8-7-9-14-23)24-17-18-29-27(20-24)31(4)26-15-10-11-16-28(26)32-29;1-2/h6,10-12,15-18,20,23,25,30H,2-3,5,7-9,13-14,19H2,1,4H3;1-2H3/b12-6-;. The van der Waals surface area contributed by atoms with Gasteiger partial charge in [-0.25, -0.2) is 0 Å². The number of para-hydroxylation sites is 1. The Bertz CT molecular complexity index is 1000. The first-order chi connectivity index (χ1) is 16.6. The molecule has 3 heteroatoms. The van der Waals surface area contributed by atoms with Gasteiger partial charge in [0.1, 0.15) is 0 Å². The van der Waals surface area contributed by atoms with Crippen LogP contribution in [0.4, 0.5) is 11.4 Å². The highest BCUT2D eigenvalue weighted by Crippen LogP contribution is 2.48. The molecular weight excluding hydrogens is 432 g/mol. The van der Waals surface area contributed by atoms with Crippen LogP contribution in [0.25, 0.3) is 0 Å². The Morgan fingerprint density at radius 3 is 2.50 bits per heavy atom. The molecule has 1 heterocycles. The Hall–Kier alpha value is -2.39. The fourth-order valence-corrected chi connectivity index (χ4v) is 6.13. The lowest BCUT2D eigenvalue weighted by atomic mass is 9.79. The zero-order chi connectivity index (χ0) is 24.5. The van der Waals surface area contributed by atoms with E-state index >= 15 is 0 Å². The van der Waals surface area contributed by atoms with Crippen LogP contribution in [0, 0.1) is 5.92 Å². The van der Waals surface area contributed by atoms with E-state index in [2.05, 4.69) is 92.0 Å². The summed E-state index contributed by atoms with van der Waals surface area (Å²) in [5.74, 6) is 1.06. The van der Waals surface area contributed by atoms with E-state index in [9.17, 15) is 0 Å². The lowest BCUT2D eigenvalue weighted by Gasteiger charge is -2.32. The van der Waals surface area contributed by atoms with Crippen LogP contribution in [0.15, 0.2) is 89.0 Å². The lowest BCUT2D eigenvalue weighted by Crippen LogP contribution is -2.21. The maximum absolute atomic E-state index is 4.49. The number of hydrogen-bond donors (Lipinski definition) is 1. The molecule has 1 N–H and O–H groups in total. The first-order valence-corrected chi connectivity index (χ1v) is 13.8. The van der Waals surface area contributed by atoms with Crippen molar-refractivity contribution in [2.24, 2.45) is 5.92 Å². The summed E-state index contributed by atoms with van der Waals surface area (Å²) >= 11 is 1.87. The van der Waals surface area contributed by atoms with Crippen molar-refractivity contribution in [2.45, 2.75) is 81.4 Å².